The summed E-state index contributed by atoms with van der Waals surface area (Å²) in [6.07, 6.45) is 46.3. The molecule has 0 aromatic rings. The van der Waals surface area contributed by atoms with Crippen molar-refractivity contribution in [2.75, 3.05) is 33.0 Å². The average molecular weight is 772 g/mol. The van der Waals surface area contributed by atoms with Crippen molar-refractivity contribution in [2.24, 2.45) is 5.73 Å². The zero-order valence-electron chi connectivity index (χ0n) is 34.8. The molecule has 0 saturated carbocycles. The maximum absolute atomic E-state index is 12.6. The number of hydrogen-bond acceptors (Lipinski definition) is 7. The molecule has 2 atom stereocenters. The van der Waals surface area contributed by atoms with Crippen LogP contribution in [-0.2, 0) is 27.9 Å². The van der Waals surface area contributed by atoms with Crippen LogP contribution in [0, 0.1) is 0 Å². The van der Waals surface area contributed by atoms with E-state index < -0.39 is 13.9 Å². The number of allylic oxidation sites excluding steroid dienone is 4. The Balaban J connectivity index is 3.93. The Kier molecular flexibility index (Phi) is 41.3. The highest BCUT2D eigenvalue weighted by Crippen LogP contribution is 2.43. The summed E-state index contributed by atoms with van der Waals surface area (Å²) >= 11 is 0. The Bertz CT molecular complexity index is 869. The summed E-state index contributed by atoms with van der Waals surface area (Å²) in [7, 11) is -4.27. The van der Waals surface area contributed by atoms with E-state index in [0.717, 1.165) is 38.5 Å². The molecule has 9 heteroatoms. The molecule has 0 spiro atoms. The maximum atomic E-state index is 12.6. The Morgan fingerprint density at radius 3 is 1.47 bits per heavy atom. The lowest BCUT2D eigenvalue weighted by molar-refractivity contribution is -0.154. The number of esters is 1. The molecule has 2 unspecified atom stereocenters. The van der Waals surface area contributed by atoms with Crippen LogP contribution in [0.1, 0.15) is 213 Å². The second-order valence-electron chi connectivity index (χ2n) is 14.9. The monoisotopic (exact) mass is 772 g/mol. The maximum Gasteiger partial charge on any atom is 0.472 e. The van der Waals surface area contributed by atoms with Crippen molar-refractivity contribution in [2.45, 2.75) is 219 Å². The Hall–Kier alpha value is -1.02. The molecule has 0 aromatic heterocycles. The summed E-state index contributed by atoms with van der Waals surface area (Å²) in [5, 5.41) is 0. The summed E-state index contributed by atoms with van der Waals surface area (Å²) in [6, 6.07) is 0. The number of ether oxygens (including phenoxy) is 2. The summed E-state index contributed by atoms with van der Waals surface area (Å²) in [5.41, 5.74) is 5.36. The minimum absolute atomic E-state index is 0.0937. The third-order valence-corrected chi connectivity index (χ3v) is 10.6. The first-order valence-corrected chi connectivity index (χ1v) is 23.8. The van der Waals surface area contributed by atoms with E-state index in [4.69, 9.17) is 24.3 Å². The lowest BCUT2D eigenvalue weighted by atomic mass is 10.0. The van der Waals surface area contributed by atoms with Gasteiger partial charge in [-0.2, -0.15) is 0 Å². The fraction of sp³-hybridized carbons (Fsp3) is 0.886. The van der Waals surface area contributed by atoms with E-state index in [-0.39, 0.29) is 32.3 Å². The molecule has 0 radical (unpaired) electrons. The van der Waals surface area contributed by atoms with Crippen LogP contribution in [0.15, 0.2) is 24.3 Å². The fourth-order valence-corrected chi connectivity index (χ4v) is 7.09. The van der Waals surface area contributed by atoms with Crippen molar-refractivity contribution in [1.82, 2.24) is 0 Å². The van der Waals surface area contributed by atoms with Gasteiger partial charge in [-0.25, -0.2) is 4.57 Å². The number of carbonyl (C=O) groups excluding carboxylic acids is 1. The minimum atomic E-state index is -4.27. The van der Waals surface area contributed by atoms with E-state index in [2.05, 4.69) is 38.2 Å². The second kappa shape index (κ2) is 42.1. The largest absolute Gasteiger partial charge is 0.472 e. The SMILES string of the molecule is CCCCCCC/C=C\C/C=C\CCCCCCCCCCCCCC(=O)OC(COCCCCCCCCCCCCC)COP(=O)(O)OCCN. The van der Waals surface area contributed by atoms with E-state index in [9.17, 15) is 14.3 Å². The zero-order chi connectivity index (χ0) is 38.8. The fourth-order valence-electron chi connectivity index (χ4n) is 6.32. The van der Waals surface area contributed by atoms with Crippen molar-refractivity contribution in [3.05, 3.63) is 24.3 Å². The van der Waals surface area contributed by atoms with Gasteiger partial charge in [-0.1, -0.05) is 186 Å². The van der Waals surface area contributed by atoms with Gasteiger partial charge in [0.1, 0.15) is 6.10 Å². The molecule has 0 amide bonds. The van der Waals surface area contributed by atoms with Gasteiger partial charge in [0, 0.05) is 19.6 Å². The van der Waals surface area contributed by atoms with Gasteiger partial charge >= 0.3 is 13.8 Å². The van der Waals surface area contributed by atoms with Gasteiger partial charge in [0.15, 0.2) is 0 Å². The van der Waals surface area contributed by atoms with Crippen LogP contribution in [-0.4, -0.2) is 49.9 Å². The quantitative estimate of drug-likeness (QED) is 0.0272. The molecule has 3 N–H and O–H groups in total. The average Bonchev–Trinajstić information content (AvgIpc) is 3.15. The van der Waals surface area contributed by atoms with E-state index in [1.165, 1.54) is 154 Å². The first-order valence-electron chi connectivity index (χ1n) is 22.3. The Morgan fingerprint density at radius 2 is 1.00 bits per heavy atom. The lowest BCUT2D eigenvalue weighted by Gasteiger charge is -2.20. The van der Waals surface area contributed by atoms with Crippen LogP contribution in [0.25, 0.3) is 0 Å². The molecule has 53 heavy (non-hydrogen) atoms. The first-order chi connectivity index (χ1) is 25.9. The molecule has 0 fully saturated rings. The van der Waals surface area contributed by atoms with E-state index in [0.29, 0.717) is 13.0 Å². The van der Waals surface area contributed by atoms with Gasteiger partial charge in [-0.3, -0.25) is 13.8 Å². The smallest absolute Gasteiger partial charge is 0.457 e. The van der Waals surface area contributed by atoms with Gasteiger partial charge in [-0.15, -0.1) is 0 Å². The van der Waals surface area contributed by atoms with Crippen molar-refractivity contribution in [1.29, 1.82) is 0 Å². The van der Waals surface area contributed by atoms with Crippen LogP contribution < -0.4 is 5.73 Å². The molecule has 0 heterocycles. The van der Waals surface area contributed by atoms with Crippen molar-refractivity contribution in [3.8, 4) is 0 Å². The molecule has 0 aliphatic rings. The highest BCUT2D eigenvalue weighted by Gasteiger charge is 2.25. The molecule has 0 rings (SSSR count). The third-order valence-electron chi connectivity index (χ3n) is 9.62. The number of carbonyl (C=O) groups is 1. The van der Waals surface area contributed by atoms with Gasteiger partial charge in [0.25, 0.3) is 0 Å². The Morgan fingerprint density at radius 1 is 0.566 bits per heavy atom. The normalized spacial score (nSPS) is 13.7. The predicted octanol–water partition coefficient (Wildman–Crippen LogP) is 13.3. The molecular weight excluding hydrogens is 685 g/mol. The summed E-state index contributed by atoms with van der Waals surface area (Å²) < 4.78 is 33.4. The van der Waals surface area contributed by atoms with Crippen LogP contribution in [0.3, 0.4) is 0 Å². The van der Waals surface area contributed by atoms with Crippen molar-refractivity contribution < 1.29 is 32.8 Å². The van der Waals surface area contributed by atoms with Gasteiger partial charge < -0.3 is 20.1 Å². The third kappa shape index (κ3) is 42.0. The number of unbranched alkanes of at least 4 members (excludes halogenated alkanes) is 26. The molecule has 0 aromatic carbocycles. The van der Waals surface area contributed by atoms with Crippen molar-refractivity contribution in [3.63, 3.8) is 0 Å². The van der Waals surface area contributed by atoms with E-state index in [1.54, 1.807) is 0 Å². The predicted molar refractivity (Wildman–Crippen MR) is 224 cm³/mol. The summed E-state index contributed by atoms with van der Waals surface area (Å²) in [5.74, 6) is -0.330. The van der Waals surface area contributed by atoms with Crippen molar-refractivity contribution >= 4 is 13.8 Å². The number of nitrogens with two attached hydrogens (primary N) is 1. The van der Waals surface area contributed by atoms with Crippen LogP contribution in [0.4, 0.5) is 0 Å². The minimum Gasteiger partial charge on any atom is -0.457 e. The standard InChI is InChI=1S/C44H86NO7P/c1-3-5-7-9-11-13-15-16-17-18-19-20-21-22-23-24-25-26-27-29-31-33-35-37-44(46)52-43(42-51-53(47,48)50-40-38-45)41-49-39-36-34-32-30-28-14-12-10-8-6-4-2/h15-16,18-19,43H,3-14,17,20-42,45H2,1-2H3,(H,47,48)/b16-15-,19-18-. The number of hydrogen-bond donors (Lipinski definition) is 2. The number of phosphoric acid groups is 1. The van der Waals surface area contributed by atoms with Gasteiger partial charge in [0.05, 0.1) is 19.8 Å². The topological polar surface area (TPSA) is 117 Å². The second-order valence-corrected chi connectivity index (χ2v) is 16.4. The summed E-state index contributed by atoms with van der Waals surface area (Å²) in [6.45, 7) is 4.93. The molecule has 0 aliphatic heterocycles. The van der Waals surface area contributed by atoms with Gasteiger partial charge in [0.2, 0.25) is 0 Å². The highest BCUT2D eigenvalue weighted by molar-refractivity contribution is 7.47. The lowest BCUT2D eigenvalue weighted by Crippen LogP contribution is -2.28. The van der Waals surface area contributed by atoms with Crippen LogP contribution >= 0.6 is 7.82 Å². The van der Waals surface area contributed by atoms with Crippen LogP contribution in [0.2, 0.25) is 0 Å². The molecular formula is C44H86NO7P. The highest BCUT2D eigenvalue weighted by atomic mass is 31.2. The van der Waals surface area contributed by atoms with Crippen LogP contribution in [0.5, 0.6) is 0 Å². The van der Waals surface area contributed by atoms with E-state index in [1.807, 2.05) is 0 Å². The Labute approximate surface area is 327 Å². The zero-order valence-corrected chi connectivity index (χ0v) is 35.7. The number of phosphoric ester groups is 1. The molecule has 8 nitrogen and oxygen atoms in total. The molecule has 0 saturated heterocycles. The summed E-state index contributed by atoms with van der Waals surface area (Å²) in [4.78, 5) is 22.5. The first kappa shape index (κ1) is 52.0. The van der Waals surface area contributed by atoms with Gasteiger partial charge in [-0.05, 0) is 44.9 Å². The van der Waals surface area contributed by atoms with E-state index >= 15 is 0 Å². The number of rotatable bonds is 43. The molecule has 0 aliphatic carbocycles. The molecule has 314 valence electrons. The molecule has 0 bridgehead atoms.